The number of nitrogens with zero attached hydrogens (tertiary/aromatic N) is 4. The molecular weight excluding hydrogens is 500 g/mol. The van der Waals surface area contributed by atoms with Crippen LogP contribution in [0.2, 0.25) is 0 Å². The predicted octanol–water partition coefficient (Wildman–Crippen LogP) is 2.21. The normalized spacial score (nSPS) is 12.6. The third kappa shape index (κ3) is 6.60. The van der Waals surface area contributed by atoms with E-state index >= 15 is 0 Å². The predicted molar refractivity (Wildman–Crippen MR) is 144 cm³/mol. The topological polar surface area (TPSA) is 189 Å². The molecule has 6 N–H and O–H groups in total. The summed E-state index contributed by atoms with van der Waals surface area (Å²) in [5.41, 5.74) is 10.6. The van der Waals surface area contributed by atoms with Crippen LogP contribution in [0.25, 0.3) is 33.7 Å². The molecule has 4 aromatic heterocycles. The van der Waals surface area contributed by atoms with E-state index in [9.17, 15) is 19.5 Å². The van der Waals surface area contributed by atoms with Crippen LogP contribution in [0.1, 0.15) is 42.2 Å². The van der Waals surface area contributed by atoms with Crippen molar-refractivity contribution in [1.29, 1.82) is 0 Å². The molecule has 1 unspecified atom stereocenters. The number of carbonyl (C=O) groups excluding carboxylic acids is 2. The molecular formula is C27H30N8O4. The minimum Gasteiger partial charge on any atom is -0.480 e. The molecule has 0 aliphatic carbocycles. The number of hydrogen-bond donors (Lipinski definition) is 5. The summed E-state index contributed by atoms with van der Waals surface area (Å²) in [5, 5.41) is 21.8. The number of aromatic amines is 1. The van der Waals surface area contributed by atoms with E-state index in [1.54, 1.807) is 24.5 Å². The zero-order chi connectivity index (χ0) is 27.9. The van der Waals surface area contributed by atoms with E-state index in [2.05, 4.69) is 30.8 Å². The van der Waals surface area contributed by atoms with Gasteiger partial charge in [0.05, 0.1) is 40.4 Å². The minimum atomic E-state index is -1.13. The summed E-state index contributed by atoms with van der Waals surface area (Å²) in [6, 6.07) is 9.12. The Labute approximate surface area is 224 Å². The molecule has 0 spiro atoms. The van der Waals surface area contributed by atoms with E-state index < -0.39 is 24.0 Å². The number of pyridine rings is 3. The van der Waals surface area contributed by atoms with Crippen molar-refractivity contribution in [3.05, 3.63) is 60.0 Å². The fourth-order valence-corrected chi connectivity index (χ4v) is 4.05. The van der Waals surface area contributed by atoms with Gasteiger partial charge < -0.3 is 21.5 Å². The Morgan fingerprint density at radius 3 is 2.64 bits per heavy atom. The second-order valence-electron chi connectivity index (χ2n) is 9.19. The zero-order valence-corrected chi connectivity index (χ0v) is 21.6. The van der Waals surface area contributed by atoms with Crippen molar-refractivity contribution in [3.63, 3.8) is 0 Å². The average Bonchev–Trinajstić information content (AvgIpc) is 3.41. The number of aliphatic carboxylic acids is 1. The maximum absolute atomic E-state index is 13.0. The van der Waals surface area contributed by atoms with Gasteiger partial charge in [0.25, 0.3) is 5.91 Å². The lowest BCUT2D eigenvalue weighted by Crippen LogP contribution is -2.47. The number of carboxylic acids is 1. The Kier molecular flexibility index (Phi) is 8.56. The Morgan fingerprint density at radius 2 is 1.90 bits per heavy atom. The van der Waals surface area contributed by atoms with E-state index in [1.807, 2.05) is 31.2 Å². The maximum Gasteiger partial charge on any atom is 0.326 e. The van der Waals surface area contributed by atoms with E-state index in [0.717, 1.165) is 22.6 Å². The van der Waals surface area contributed by atoms with Crippen molar-refractivity contribution in [3.8, 4) is 22.6 Å². The molecule has 39 heavy (non-hydrogen) atoms. The summed E-state index contributed by atoms with van der Waals surface area (Å²) in [6.45, 7) is 3.72. The summed E-state index contributed by atoms with van der Waals surface area (Å²) in [7, 11) is 0. The van der Waals surface area contributed by atoms with Gasteiger partial charge in [0, 0.05) is 24.0 Å². The Bertz CT molecular complexity index is 1500. The second kappa shape index (κ2) is 12.2. The molecule has 0 radical (unpaired) electrons. The number of aromatic nitrogens is 5. The van der Waals surface area contributed by atoms with Crippen LogP contribution < -0.4 is 16.4 Å². The summed E-state index contributed by atoms with van der Waals surface area (Å²) >= 11 is 0. The number of amides is 2. The molecule has 2 atom stereocenters. The van der Waals surface area contributed by atoms with Crippen molar-refractivity contribution in [1.82, 2.24) is 35.8 Å². The molecule has 0 bridgehead atoms. The molecule has 4 aromatic rings. The largest absolute Gasteiger partial charge is 0.480 e. The molecule has 0 saturated carbocycles. The van der Waals surface area contributed by atoms with E-state index in [4.69, 9.17) is 10.7 Å². The lowest BCUT2D eigenvalue weighted by atomic mass is 10.1. The molecule has 0 saturated heterocycles. The number of aryl methyl sites for hydroxylation is 1. The Hall–Kier alpha value is -4.71. The molecule has 4 rings (SSSR count). The number of rotatable bonds is 11. The van der Waals surface area contributed by atoms with Gasteiger partial charge in [0.1, 0.15) is 11.6 Å². The van der Waals surface area contributed by atoms with Crippen LogP contribution in [-0.4, -0.2) is 66.7 Å². The van der Waals surface area contributed by atoms with Gasteiger partial charge in [0.15, 0.2) is 0 Å². The highest BCUT2D eigenvalue weighted by molar-refractivity contribution is 6.05. The molecule has 0 aliphatic heterocycles. The number of carboxylic acid groups (broad SMARTS) is 1. The quantitative estimate of drug-likeness (QED) is 0.181. The lowest BCUT2D eigenvalue weighted by molar-refractivity contribution is -0.142. The Morgan fingerprint density at radius 1 is 1.08 bits per heavy atom. The third-order valence-corrected chi connectivity index (χ3v) is 6.12. The number of carbonyl (C=O) groups is 3. The SMILES string of the molecule is Cc1cccc(-c2[nH]ncc2-c2ccc3nccc(C(=O)NCCCC[C@H](NC(=O)C(C)N)C(=O)O)c3n2)n1. The number of hydrogen-bond acceptors (Lipinski definition) is 8. The van der Waals surface area contributed by atoms with Crippen molar-refractivity contribution >= 4 is 28.8 Å². The minimum absolute atomic E-state index is 0.218. The van der Waals surface area contributed by atoms with Crippen LogP contribution in [0, 0.1) is 6.92 Å². The summed E-state index contributed by atoms with van der Waals surface area (Å²) < 4.78 is 0. The molecule has 4 heterocycles. The molecule has 0 fully saturated rings. The summed E-state index contributed by atoms with van der Waals surface area (Å²) in [4.78, 5) is 49.8. The first-order valence-electron chi connectivity index (χ1n) is 12.5. The maximum atomic E-state index is 13.0. The monoisotopic (exact) mass is 530 g/mol. The fraction of sp³-hybridized carbons (Fsp3) is 0.296. The third-order valence-electron chi connectivity index (χ3n) is 6.12. The first-order valence-corrected chi connectivity index (χ1v) is 12.5. The van der Waals surface area contributed by atoms with Gasteiger partial charge in [-0.3, -0.25) is 24.7 Å². The van der Waals surface area contributed by atoms with Gasteiger partial charge in [-0.25, -0.2) is 9.78 Å². The van der Waals surface area contributed by atoms with Gasteiger partial charge >= 0.3 is 5.97 Å². The number of nitrogens with two attached hydrogens (primary N) is 1. The van der Waals surface area contributed by atoms with Gasteiger partial charge in [-0.1, -0.05) is 6.07 Å². The second-order valence-corrected chi connectivity index (χ2v) is 9.19. The van der Waals surface area contributed by atoms with E-state index in [-0.39, 0.29) is 12.3 Å². The van der Waals surface area contributed by atoms with Gasteiger partial charge in [0.2, 0.25) is 5.91 Å². The highest BCUT2D eigenvalue weighted by Crippen LogP contribution is 2.29. The number of unbranched alkanes of at least 4 members (excludes halogenated alkanes) is 1. The number of nitrogens with one attached hydrogen (secondary N) is 3. The van der Waals surface area contributed by atoms with Crippen LogP contribution in [0.3, 0.4) is 0 Å². The van der Waals surface area contributed by atoms with Crippen LogP contribution in [0.4, 0.5) is 0 Å². The van der Waals surface area contributed by atoms with Crippen LogP contribution in [0.15, 0.2) is 48.8 Å². The molecule has 0 aliphatic rings. The molecule has 2 amide bonds. The zero-order valence-electron chi connectivity index (χ0n) is 21.6. The fourth-order valence-electron chi connectivity index (χ4n) is 4.05. The average molecular weight is 531 g/mol. The first-order chi connectivity index (χ1) is 18.7. The first kappa shape index (κ1) is 27.3. The lowest BCUT2D eigenvalue weighted by Gasteiger charge is -2.16. The van der Waals surface area contributed by atoms with Crippen molar-refractivity contribution in [2.24, 2.45) is 5.73 Å². The number of fused-ring (bicyclic) bond motifs is 1. The number of H-pyrrole nitrogens is 1. The van der Waals surface area contributed by atoms with Gasteiger partial charge in [-0.2, -0.15) is 5.10 Å². The van der Waals surface area contributed by atoms with Gasteiger partial charge in [-0.05, 0) is 63.4 Å². The highest BCUT2D eigenvalue weighted by atomic mass is 16.4. The summed E-state index contributed by atoms with van der Waals surface area (Å²) in [6.07, 6.45) is 4.44. The van der Waals surface area contributed by atoms with Crippen LogP contribution in [-0.2, 0) is 9.59 Å². The summed E-state index contributed by atoms with van der Waals surface area (Å²) in [5.74, 6) is -1.97. The van der Waals surface area contributed by atoms with Crippen molar-refractivity contribution < 1.29 is 19.5 Å². The van der Waals surface area contributed by atoms with Crippen molar-refractivity contribution in [2.45, 2.75) is 45.2 Å². The highest BCUT2D eigenvalue weighted by Gasteiger charge is 2.21. The standard InChI is InChI=1S/C27H30N8O4/c1-15-6-5-8-21(32-15)24-18(14-31-35-24)19-9-10-20-23(33-19)17(11-13-29-20)26(37)30-12-4-3-7-22(27(38)39)34-25(36)16(2)28/h5-6,8-11,13-14,16,22H,3-4,7,12,28H2,1-2H3,(H,30,37)(H,31,35)(H,34,36)(H,38,39)/t16?,22-/m0/s1. The van der Waals surface area contributed by atoms with Gasteiger partial charge in [-0.15, -0.1) is 0 Å². The smallest absolute Gasteiger partial charge is 0.326 e. The van der Waals surface area contributed by atoms with E-state index in [1.165, 1.54) is 6.92 Å². The van der Waals surface area contributed by atoms with Crippen LogP contribution in [0.5, 0.6) is 0 Å². The Balaban J connectivity index is 1.44. The molecule has 12 heteroatoms. The molecule has 202 valence electrons. The van der Waals surface area contributed by atoms with Crippen molar-refractivity contribution in [2.75, 3.05) is 6.54 Å². The molecule has 12 nitrogen and oxygen atoms in total. The molecule has 0 aromatic carbocycles. The van der Waals surface area contributed by atoms with E-state index in [0.29, 0.717) is 41.7 Å². The van der Waals surface area contributed by atoms with Crippen LogP contribution >= 0.6 is 0 Å².